The first kappa shape index (κ1) is 12.9. The number of halogens is 1. The van der Waals surface area contributed by atoms with Gasteiger partial charge in [-0.3, -0.25) is 4.79 Å². The largest absolute Gasteiger partial charge is 0.399 e. The average Bonchev–Trinajstić information content (AvgIpc) is 2.04. The number of benzene rings is 1. The third-order valence-corrected chi connectivity index (χ3v) is 1.69. The maximum Gasteiger partial charge on any atom is 0.176 e. The van der Waals surface area contributed by atoms with Crippen LogP contribution in [0.1, 0.15) is 10.4 Å². The predicted octanol–water partition coefficient (Wildman–Crippen LogP) is 1.43. The highest BCUT2D eigenvalue weighted by molar-refractivity contribution is 5.97. The molecule has 0 spiro atoms. The van der Waals surface area contributed by atoms with Gasteiger partial charge in [-0.25, -0.2) is 0 Å². The predicted molar refractivity (Wildman–Crippen MR) is 61.0 cm³/mol. The van der Waals surface area contributed by atoms with Crippen LogP contribution in [0.15, 0.2) is 24.3 Å². The number of rotatable bonds is 3. The molecule has 1 rings (SSSR count). The number of nitrogen functional groups attached to an aromatic ring is 1. The van der Waals surface area contributed by atoms with Crippen LogP contribution in [-0.4, -0.2) is 31.3 Å². The normalized spacial score (nSPS) is 9.64. The first-order valence-electron chi connectivity index (χ1n) is 4.13. The van der Waals surface area contributed by atoms with Crippen LogP contribution in [0, 0.1) is 0 Å². The Morgan fingerprint density at radius 1 is 1.29 bits per heavy atom. The van der Waals surface area contributed by atoms with Crippen LogP contribution >= 0.6 is 12.4 Å². The zero-order valence-electron chi connectivity index (χ0n) is 8.36. The highest BCUT2D eigenvalue weighted by atomic mass is 35.5. The molecule has 0 fully saturated rings. The van der Waals surface area contributed by atoms with Crippen LogP contribution in [0.4, 0.5) is 5.69 Å². The molecule has 4 heteroatoms. The number of hydrogen-bond donors (Lipinski definition) is 1. The topological polar surface area (TPSA) is 46.3 Å². The number of hydrogen-bond acceptors (Lipinski definition) is 3. The zero-order valence-corrected chi connectivity index (χ0v) is 9.17. The summed E-state index contributed by atoms with van der Waals surface area (Å²) in [6.45, 7) is 0.434. The number of anilines is 1. The van der Waals surface area contributed by atoms with Crippen molar-refractivity contribution in [3.8, 4) is 0 Å². The molecule has 0 heterocycles. The zero-order chi connectivity index (χ0) is 9.84. The standard InChI is InChI=1S/C10H14N2O.ClH/c1-12(2)7-10(13)8-3-5-9(11)6-4-8;/h3-6H,7,11H2,1-2H3;1H. The van der Waals surface area contributed by atoms with Gasteiger partial charge in [-0.15, -0.1) is 12.4 Å². The molecule has 14 heavy (non-hydrogen) atoms. The van der Waals surface area contributed by atoms with Crippen LogP contribution in [-0.2, 0) is 0 Å². The number of likely N-dealkylation sites (N-methyl/N-ethyl adjacent to an activating group) is 1. The highest BCUT2D eigenvalue weighted by Crippen LogP contribution is 2.06. The summed E-state index contributed by atoms with van der Waals surface area (Å²) in [4.78, 5) is 13.3. The first-order chi connectivity index (χ1) is 6.09. The smallest absolute Gasteiger partial charge is 0.176 e. The van der Waals surface area contributed by atoms with Gasteiger partial charge in [0, 0.05) is 11.3 Å². The van der Waals surface area contributed by atoms with Crippen LogP contribution in [0.3, 0.4) is 0 Å². The van der Waals surface area contributed by atoms with Crippen molar-refractivity contribution in [1.29, 1.82) is 0 Å². The second-order valence-electron chi connectivity index (χ2n) is 3.28. The van der Waals surface area contributed by atoms with Crippen molar-refractivity contribution in [2.45, 2.75) is 0 Å². The van der Waals surface area contributed by atoms with E-state index in [4.69, 9.17) is 5.73 Å². The summed E-state index contributed by atoms with van der Waals surface area (Å²) in [6.07, 6.45) is 0. The van der Waals surface area contributed by atoms with E-state index in [1.807, 2.05) is 19.0 Å². The van der Waals surface area contributed by atoms with Crippen molar-refractivity contribution in [3.63, 3.8) is 0 Å². The van der Waals surface area contributed by atoms with Gasteiger partial charge in [0.2, 0.25) is 0 Å². The molecule has 0 saturated heterocycles. The summed E-state index contributed by atoms with van der Waals surface area (Å²) in [6, 6.07) is 6.98. The fraction of sp³-hybridized carbons (Fsp3) is 0.300. The molecule has 1 aromatic carbocycles. The van der Waals surface area contributed by atoms with Crippen LogP contribution in [0.2, 0.25) is 0 Å². The number of carbonyl (C=O) groups excluding carboxylic acids is 1. The fourth-order valence-electron chi connectivity index (χ4n) is 1.05. The molecule has 0 aliphatic heterocycles. The van der Waals surface area contributed by atoms with Gasteiger partial charge < -0.3 is 10.6 Å². The minimum atomic E-state index is 0. The van der Waals surface area contributed by atoms with E-state index in [1.54, 1.807) is 24.3 Å². The Bertz CT molecular complexity index is 295. The summed E-state index contributed by atoms with van der Waals surface area (Å²) in [7, 11) is 3.74. The molecule has 0 amide bonds. The lowest BCUT2D eigenvalue weighted by Gasteiger charge is -2.07. The van der Waals surface area contributed by atoms with Crippen molar-refractivity contribution in [1.82, 2.24) is 4.90 Å². The van der Waals surface area contributed by atoms with E-state index in [0.717, 1.165) is 0 Å². The van der Waals surface area contributed by atoms with Gasteiger partial charge in [-0.1, -0.05) is 0 Å². The molecule has 2 N–H and O–H groups in total. The monoisotopic (exact) mass is 214 g/mol. The van der Waals surface area contributed by atoms with Crippen molar-refractivity contribution in [3.05, 3.63) is 29.8 Å². The van der Waals surface area contributed by atoms with Gasteiger partial charge >= 0.3 is 0 Å². The lowest BCUT2D eigenvalue weighted by Crippen LogP contribution is -2.21. The molecule has 0 aliphatic rings. The molecular formula is C10H15ClN2O. The second-order valence-corrected chi connectivity index (χ2v) is 3.28. The molecule has 0 saturated carbocycles. The minimum Gasteiger partial charge on any atom is -0.399 e. The summed E-state index contributed by atoms with van der Waals surface area (Å²) in [5.41, 5.74) is 6.90. The molecule has 0 unspecified atom stereocenters. The summed E-state index contributed by atoms with van der Waals surface area (Å²) >= 11 is 0. The highest BCUT2D eigenvalue weighted by Gasteiger charge is 2.05. The Kier molecular flexibility index (Phi) is 5.20. The Balaban J connectivity index is 0.00000169. The Hall–Kier alpha value is -1.06. The molecule has 0 radical (unpaired) electrons. The van der Waals surface area contributed by atoms with E-state index in [9.17, 15) is 4.79 Å². The SMILES string of the molecule is CN(C)CC(=O)c1ccc(N)cc1.Cl. The summed E-state index contributed by atoms with van der Waals surface area (Å²) in [5, 5.41) is 0. The Morgan fingerprint density at radius 2 is 1.79 bits per heavy atom. The van der Waals surface area contributed by atoms with Crippen molar-refractivity contribution in [2.24, 2.45) is 0 Å². The molecule has 0 aromatic heterocycles. The van der Waals surface area contributed by atoms with Gasteiger partial charge in [0.1, 0.15) is 0 Å². The number of ketones is 1. The van der Waals surface area contributed by atoms with Crippen LogP contribution < -0.4 is 5.73 Å². The lowest BCUT2D eigenvalue weighted by atomic mass is 10.1. The Morgan fingerprint density at radius 3 is 2.21 bits per heavy atom. The molecule has 1 aromatic rings. The number of nitrogens with zero attached hydrogens (tertiary/aromatic N) is 1. The number of nitrogens with two attached hydrogens (primary N) is 1. The van der Waals surface area contributed by atoms with Crippen molar-refractivity contribution >= 4 is 23.9 Å². The van der Waals surface area contributed by atoms with E-state index < -0.39 is 0 Å². The van der Waals surface area contributed by atoms with Crippen molar-refractivity contribution in [2.75, 3.05) is 26.4 Å². The summed E-state index contributed by atoms with van der Waals surface area (Å²) in [5.74, 6) is 0.116. The fourth-order valence-corrected chi connectivity index (χ4v) is 1.05. The molecule has 0 bridgehead atoms. The van der Waals surface area contributed by atoms with Crippen molar-refractivity contribution < 1.29 is 4.79 Å². The van der Waals surface area contributed by atoms with Crippen LogP contribution in [0.25, 0.3) is 0 Å². The van der Waals surface area contributed by atoms with E-state index in [2.05, 4.69) is 0 Å². The van der Waals surface area contributed by atoms with Gasteiger partial charge in [-0.2, -0.15) is 0 Å². The molecule has 0 aliphatic carbocycles. The van der Waals surface area contributed by atoms with E-state index in [1.165, 1.54) is 0 Å². The van der Waals surface area contributed by atoms with E-state index in [0.29, 0.717) is 17.8 Å². The number of Topliss-reactive ketones (excluding diaryl/α,β-unsaturated/α-hetero) is 1. The van der Waals surface area contributed by atoms with Gasteiger partial charge in [0.15, 0.2) is 5.78 Å². The summed E-state index contributed by atoms with van der Waals surface area (Å²) < 4.78 is 0. The average molecular weight is 215 g/mol. The minimum absolute atomic E-state index is 0. The maximum atomic E-state index is 11.5. The van der Waals surface area contributed by atoms with Gasteiger partial charge in [0.05, 0.1) is 6.54 Å². The third kappa shape index (κ3) is 3.77. The van der Waals surface area contributed by atoms with E-state index >= 15 is 0 Å². The molecule has 3 nitrogen and oxygen atoms in total. The lowest BCUT2D eigenvalue weighted by molar-refractivity contribution is 0.0958. The quantitative estimate of drug-likeness (QED) is 0.612. The molecule has 0 atom stereocenters. The van der Waals surface area contributed by atoms with Gasteiger partial charge in [0.25, 0.3) is 0 Å². The molecule has 78 valence electrons. The first-order valence-corrected chi connectivity index (χ1v) is 4.13. The Labute approximate surface area is 90.3 Å². The second kappa shape index (κ2) is 5.62. The van der Waals surface area contributed by atoms with E-state index in [-0.39, 0.29) is 18.2 Å². The maximum absolute atomic E-state index is 11.5. The molecular weight excluding hydrogens is 200 g/mol. The third-order valence-electron chi connectivity index (χ3n) is 1.69. The van der Waals surface area contributed by atoms with Gasteiger partial charge in [-0.05, 0) is 38.4 Å². The van der Waals surface area contributed by atoms with Crippen LogP contribution in [0.5, 0.6) is 0 Å². The number of carbonyl (C=O) groups is 1.